The van der Waals surface area contributed by atoms with Gasteiger partial charge in [0, 0.05) is 20.2 Å². The molecule has 0 fully saturated rings. The largest absolute Gasteiger partial charge is 0.478 e. The second-order valence-electron chi connectivity index (χ2n) is 2.74. The fraction of sp³-hybridized carbons (Fsp3) is 0.400. The molecule has 0 heterocycles. The van der Waals surface area contributed by atoms with Gasteiger partial charge >= 0.3 is 11.9 Å². The predicted molar refractivity (Wildman–Crippen MR) is 57.5 cm³/mol. The Bertz CT molecular complexity index is 256. The van der Waals surface area contributed by atoms with Crippen molar-refractivity contribution in [2.75, 3.05) is 14.1 Å². The highest BCUT2D eigenvalue weighted by Gasteiger charge is 2.06. The van der Waals surface area contributed by atoms with E-state index in [1.807, 2.05) is 6.92 Å². The van der Waals surface area contributed by atoms with E-state index in [2.05, 4.69) is 6.58 Å². The van der Waals surface area contributed by atoms with Crippen molar-refractivity contribution in [3.63, 3.8) is 0 Å². The molecule has 2 N–H and O–H groups in total. The summed E-state index contributed by atoms with van der Waals surface area (Å²) in [6.45, 7) is 4.87. The molecular weight excluding hydrogens is 198 g/mol. The van der Waals surface area contributed by atoms with Gasteiger partial charge in [0.15, 0.2) is 0 Å². The molecule has 0 aromatic rings. The summed E-state index contributed by atoms with van der Waals surface area (Å²) in [5.74, 6) is -1.85. The number of aliphatic carboxylic acids is 2. The van der Waals surface area contributed by atoms with Gasteiger partial charge in [0.1, 0.15) is 5.70 Å². The van der Waals surface area contributed by atoms with Gasteiger partial charge in [-0.05, 0) is 6.42 Å². The van der Waals surface area contributed by atoms with Crippen LogP contribution < -0.4 is 0 Å². The molecule has 5 heteroatoms. The van der Waals surface area contributed by atoms with Crippen LogP contribution in [0.3, 0.4) is 0 Å². The van der Waals surface area contributed by atoms with Gasteiger partial charge in [-0.1, -0.05) is 19.6 Å². The van der Waals surface area contributed by atoms with Crippen LogP contribution >= 0.6 is 0 Å². The highest BCUT2D eigenvalue weighted by atomic mass is 16.4. The van der Waals surface area contributed by atoms with Crippen molar-refractivity contribution in [3.05, 3.63) is 24.4 Å². The van der Waals surface area contributed by atoms with Gasteiger partial charge in [0.2, 0.25) is 0 Å². The first-order chi connectivity index (χ1) is 6.86. The lowest BCUT2D eigenvalue weighted by Crippen LogP contribution is -2.18. The van der Waals surface area contributed by atoms with E-state index in [4.69, 9.17) is 10.2 Å². The molecule has 0 aromatic carbocycles. The molecule has 0 saturated carbocycles. The number of likely N-dealkylation sites (N-methyl/N-ethyl adjacent to an activating group) is 1. The third-order valence-corrected chi connectivity index (χ3v) is 1.27. The van der Waals surface area contributed by atoms with E-state index in [1.165, 1.54) is 0 Å². The number of carbonyl (C=O) groups is 2. The van der Waals surface area contributed by atoms with Crippen LogP contribution in [0.4, 0.5) is 0 Å². The zero-order chi connectivity index (χ0) is 12.4. The van der Waals surface area contributed by atoms with E-state index in [0.29, 0.717) is 5.70 Å². The molecule has 0 amide bonds. The Morgan fingerprint density at radius 1 is 1.33 bits per heavy atom. The molecule has 0 aliphatic rings. The van der Waals surface area contributed by atoms with Crippen LogP contribution in [0.1, 0.15) is 13.3 Å². The lowest BCUT2D eigenvalue weighted by atomic mass is 10.3. The summed E-state index contributed by atoms with van der Waals surface area (Å²) in [7, 11) is 3.44. The minimum absolute atomic E-state index is 0.350. The molecule has 5 nitrogen and oxygen atoms in total. The Morgan fingerprint density at radius 3 is 1.80 bits per heavy atom. The summed E-state index contributed by atoms with van der Waals surface area (Å²) in [5, 5.41) is 16.2. The predicted octanol–water partition coefficient (Wildman–Crippen LogP) is 1.18. The van der Waals surface area contributed by atoms with Gasteiger partial charge in [-0.25, -0.2) is 9.59 Å². The number of allylic oxidation sites excluding steroid dienone is 1. The van der Waals surface area contributed by atoms with Gasteiger partial charge in [-0.2, -0.15) is 0 Å². The van der Waals surface area contributed by atoms with Gasteiger partial charge in [-0.3, -0.25) is 0 Å². The molecule has 86 valence electrons. The van der Waals surface area contributed by atoms with Crippen LogP contribution in [0.25, 0.3) is 0 Å². The molecule has 0 unspecified atom stereocenters. The summed E-state index contributed by atoms with van der Waals surface area (Å²) in [6.07, 6.45) is 3.27. The molecule has 15 heavy (non-hydrogen) atoms. The first-order valence-electron chi connectivity index (χ1n) is 4.32. The van der Waals surface area contributed by atoms with Crippen LogP contribution in [0, 0.1) is 0 Å². The van der Waals surface area contributed by atoms with E-state index in [9.17, 15) is 9.59 Å². The van der Waals surface area contributed by atoms with E-state index in [1.54, 1.807) is 25.1 Å². The second-order valence-corrected chi connectivity index (χ2v) is 2.74. The monoisotopic (exact) mass is 215 g/mol. The van der Waals surface area contributed by atoms with Gasteiger partial charge in [0.25, 0.3) is 0 Å². The molecule has 0 spiro atoms. The van der Waals surface area contributed by atoms with E-state index < -0.39 is 11.9 Å². The molecule has 0 atom stereocenters. The number of hydrogen-bond donors (Lipinski definition) is 2. The zero-order valence-electron chi connectivity index (χ0n) is 9.23. The van der Waals surface area contributed by atoms with E-state index >= 15 is 0 Å². The Labute approximate surface area is 89.3 Å². The van der Waals surface area contributed by atoms with Crippen LogP contribution in [0.15, 0.2) is 24.4 Å². The molecule has 0 aliphatic heterocycles. The van der Waals surface area contributed by atoms with Crippen molar-refractivity contribution < 1.29 is 19.8 Å². The third-order valence-electron chi connectivity index (χ3n) is 1.27. The molecule has 0 rings (SSSR count). The topological polar surface area (TPSA) is 77.8 Å². The molecule has 0 radical (unpaired) electrons. The first kappa shape index (κ1) is 15.7. The number of carboxylic acid groups (broad SMARTS) is 2. The third kappa shape index (κ3) is 10.1. The first-order valence-corrected chi connectivity index (χ1v) is 4.32. The fourth-order valence-electron chi connectivity index (χ4n) is 0.655. The number of rotatable bonds is 4. The summed E-state index contributed by atoms with van der Waals surface area (Å²) in [4.78, 5) is 21.3. The zero-order valence-corrected chi connectivity index (χ0v) is 9.23. The van der Waals surface area contributed by atoms with Crippen LogP contribution in [0.5, 0.6) is 0 Å². The molecular formula is C10H17NO4. The van der Waals surface area contributed by atoms with E-state index in [-0.39, 0.29) is 0 Å². The fourth-order valence-corrected chi connectivity index (χ4v) is 0.655. The van der Waals surface area contributed by atoms with Crippen molar-refractivity contribution in [1.82, 2.24) is 4.90 Å². The Morgan fingerprint density at radius 2 is 1.73 bits per heavy atom. The van der Waals surface area contributed by atoms with Gasteiger partial charge < -0.3 is 15.1 Å². The number of carboxylic acids is 2. The number of nitrogens with zero attached hydrogens (tertiary/aromatic N) is 1. The van der Waals surface area contributed by atoms with Crippen molar-refractivity contribution in [2.45, 2.75) is 13.3 Å². The summed E-state index contributed by atoms with van der Waals surface area (Å²) in [5.41, 5.74) is 0.350. The molecule has 0 aromatic heterocycles. The smallest absolute Gasteiger partial charge is 0.351 e. The SMILES string of the molecule is C=CC(=O)O.CC/C=C(\C(=O)O)N(C)C. The second kappa shape index (κ2) is 8.80. The maximum Gasteiger partial charge on any atom is 0.351 e. The van der Waals surface area contributed by atoms with Crippen molar-refractivity contribution in [3.8, 4) is 0 Å². The van der Waals surface area contributed by atoms with E-state index in [0.717, 1.165) is 12.5 Å². The maximum absolute atomic E-state index is 10.4. The van der Waals surface area contributed by atoms with Crippen LogP contribution in [-0.2, 0) is 9.59 Å². The highest BCUT2D eigenvalue weighted by molar-refractivity contribution is 5.85. The highest BCUT2D eigenvalue weighted by Crippen LogP contribution is 1.99. The number of hydrogen-bond acceptors (Lipinski definition) is 3. The quantitative estimate of drug-likeness (QED) is 0.688. The van der Waals surface area contributed by atoms with Crippen LogP contribution in [-0.4, -0.2) is 41.1 Å². The summed E-state index contributed by atoms with van der Waals surface area (Å²) >= 11 is 0. The lowest BCUT2D eigenvalue weighted by molar-refractivity contribution is -0.134. The van der Waals surface area contributed by atoms with Gasteiger partial charge in [-0.15, -0.1) is 0 Å². The summed E-state index contributed by atoms with van der Waals surface area (Å²) in [6, 6.07) is 0. The Kier molecular flexibility index (Phi) is 9.20. The minimum atomic E-state index is -0.981. The van der Waals surface area contributed by atoms with Gasteiger partial charge in [0.05, 0.1) is 0 Å². The Balaban J connectivity index is 0. The molecule has 0 bridgehead atoms. The lowest BCUT2D eigenvalue weighted by Gasteiger charge is -2.11. The van der Waals surface area contributed by atoms with Crippen molar-refractivity contribution >= 4 is 11.9 Å². The molecule has 0 saturated heterocycles. The maximum atomic E-state index is 10.4. The molecule has 0 aliphatic carbocycles. The normalized spacial score (nSPS) is 9.67. The van der Waals surface area contributed by atoms with Crippen molar-refractivity contribution in [2.24, 2.45) is 0 Å². The van der Waals surface area contributed by atoms with Crippen molar-refractivity contribution in [1.29, 1.82) is 0 Å². The summed E-state index contributed by atoms with van der Waals surface area (Å²) < 4.78 is 0. The average molecular weight is 215 g/mol. The average Bonchev–Trinajstić information content (AvgIpc) is 2.14. The Hall–Kier alpha value is -1.78. The standard InChI is InChI=1S/C7H13NO2.C3H4O2/c1-4-5-6(7(9)10)8(2)3;1-2-3(4)5/h5H,4H2,1-3H3,(H,9,10);2H,1H2,(H,4,5)/b6-5+;. The van der Waals surface area contributed by atoms with Crippen LogP contribution in [0.2, 0.25) is 0 Å². The minimum Gasteiger partial charge on any atom is -0.478 e.